The summed E-state index contributed by atoms with van der Waals surface area (Å²) in [6.45, 7) is 0. The number of aromatic nitrogens is 4. The highest BCUT2D eigenvalue weighted by Gasteiger charge is 2.58. The molecular formula is C21H21N4. The summed E-state index contributed by atoms with van der Waals surface area (Å²) in [6.07, 6.45) is 20.2. The first-order valence-corrected chi connectivity index (χ1v) is 9.57. The summed E-state index contributed by atoms with van der Waals surface area (Å²) in [7, 11) is 0. The Morgan fingerprint density at radius 3 is 3.00 bits per heavy atom. The van der Waals surface area contributed by atoms with Gasteiger partial charge in [0.25, 0.3) is 0 Å². The molecule has 0 spiro atoms. The Balaban J connectivity index is 1.44. The van der Waals surface area contributed by atoms with Gasteiger partial charge < -0.3 is 0 Å². The molecule has 0 N–H and O–H groups in total. The average Bonchev–Trinajstić information content (AvgIpc) is 3.56. The smallest absolute Gasteiger partial charge is 0.198 e. The van der Waals surface area contributed by atoms with Crippen LogP contribution in [0.3, 0.4) is 0 Å². The third kappa shape index (κ3) is 1.88. The summed E-state index contributed by atoms with van der Waals surface area (Å²) >= 11 is 0. The van der Waals surface area contributed by atoms with Gasteiger partial charge in [0.05, 0.1) is 17.0 Å². The molecule has 0 aromatic carbocycles. The molecule has 3 fully saturated rings. The minimum Gasteiger partial charge on any atom is -0.236 e. The summed E-state index contributed by atoms with van der Waals surface area (Å²) in [5.74, 6) is 2.34. The molecule has 4 aliphatic carbocycles. The van der Waals surface area contributed by atoms with E-state index in [1.165, 1.54) is 50.6 Å². The van der Waals surface area contributed by atoms with Gasteiger partial charge in [-0.25, -0.2) is 19.9 Å². The second kappa shape index (κ2) is 4.75. The van der Waals surface area contributed by atoms with Gasteiger partial charge in [0, 0.05) is 23.2 Å². The second-order valence-corrected chi connectivity index (χ2v) is 8.38. The monoisotopic (exact) mass is 329 g/mol. The van der Waals surface area contributed by atoms with Crippen molar-refractivity contribution in [3.8, 4) is 11.4 Å². The number of rotatable bonds is 3. The van der Waals surface area contributed by atoms with E-state index in [9.17, 15) is 0 Å². The predicted molar refractivity (Wildman–Crippen MR) is 93.7 cm³/mol. The van der Waals surface area contributed by atoms with E-state index in [4.69, 9.17) is 4.98 Å². The Labute approximate surface area is 147 Å². The van der Waals surface area contributed by atoms with Gasteiger partial charge in [-0.2, -0.15) is 0 Å². The molecule has 0 saturated heterocycles. The standard InChI is InChI=1S/C21H21N4/c1-2-7-21(11-15(21)4-1)18-16(12-22-13-24-18)19-23-9-6-17(25-19)20-8-3-5-14(20)10-20/h3,6,8-9,12,14-15H,1-2,4-5,7,10-11H2. The number of fused-ring (bicyclic) bond motifs is 2. The maximum absolute atomic E-state index is 4.99. The van der Waals surface area contributed by atoms with Crippen molar-refractivity contribution in [2.45, 2.75) is 55.8 Å². The van der Waals surface area contributed by atoms with Crippen molar-refractivity contribution in [3.05, 3.63) is 48.3 Å². The van der Waals surface area contributed by atoms with Crippen molar-refractivity contribution in [3.63, 3.8) is 0 Å². The van der Waals surface area contributed by atoms with Crippen LogP contribution in [0.4, 0.5) is 0 Å². The molecule has 4 nitrogen and oxygen atoms in total. The second-order valence-electron chi connectivity index (χ2n) is 8.38. The van der Waals surface area contributed by atoms with Gasteiger partial charge in [-0.1, -0.05) is 25.0 Å². The van der Waals surface area contributed by atoms with Crippen LogP contribution in [0.2, 0.25) is 0 Å². The molecule has 2 heterocycles. The van der Waals surface area contributed by atoms with Gasteiger partial charge >= 0.3 is 0 Å². The highest BCUT2D eigenvalue weighted by Crippen LogP contribution is 2.63. The van der Waals surface area contributed by atoms with Crippen LogP contribution in [0.5, 0.6) is 0 Å². The fourth-order valence-electron chi connectivity index (χ4n) is 5.58. The largest absolute Gasteiger partial charge is 0.236 e. The van der Waals surface area contributed by atoms with Gasteiger partial charge in [0.2, 0.25) is 0 Å². The predicted octanol–water partition coefficient (Wildman–Crippen LogP) is 3.78. The Kier molecular flexibility index (Phi) is 2.68. The zero-order valence-corrected chi connectivity index (χ0v) is 14.3. The van der Waals surface area contributed by atoms with E-state index in [1.54, 1.807) is 0 Å². The first kappa shape index (κ1) is 14.1. The van der Waals surface area contributed by atoms with E-state index in [0.717, 1.165) is 28.9 Å². The van der Waals surface area contributed by atoms with Crippen molar-refractivity contribution in [2.75, 3.05) is 0 Å². The maximum atomic E-state index is 4.99. The quantitative estimate of drug-likeness (QED) is 0.804. The minimum atomic E-state index is 0.185. The Hall–Kier alpha value is -2.10. The minimum absolute atomic E-state index is 0.185. The molecule has 4 atom stereocenters. The molecule has 6 rings (SSSR count). The lowest BCUT2D eigenvalue weighted by molar-refractivity contribution is 0.421. The van der Waals surface area contributed by atoms with Crippen LogP contribution in [0.15, 0.2) is 30.6 Å². The lowest BCUT2D eigenvalue weighted by Gasteiger charge is -2.23. The van der Waals surface area contributed by atoms with Gasteiger partial charge in [-0.05, 0) is 50.0 Å². The summed E-state index contributed by atoms with van der Waals surface area (Å²) in [6, 6.07) is 2.09. The molecule has 125 valence electrons. The van der Waals surface area contributed by atoms with Crippen molar-refractivity contribution < 1.29 is 0 Å². The van der Waals surface area contributed by atoms with E-state index in [2.05, 4.69) is 39.5 Å². The van der Waals surface area contributed by atoms with E-state index in [-0.39, 0.29) is 10.8 Å². The molecule has 3 saturated carbocycles. The first-order valence-electron chi connectivity index (χ1n) is 9.57. The van der Waals surface area contributed by atoms with E-state index >= 15 is 0 Å². The van der Waals surface area contributed by atoms with Crippen LogP contribution < -0.4 is 0 Å². The van der Waals surface area contributed by atoms with Crippen LogP contribution in [0.25, 0.3) is 11.4 Å². The Bertz CT molecular complexity index is 891. The molecule has 4 aliphatic rings. The molecule has 0 aliphatic heterocycles. The summed E-state index contributed by atoms with van der Waals surface area (Å²) in [5, 5.41) is 0. The van der Waals surface area contributed by atoms with E-state index < -0.39 is 0 Å². The van der Waals surface area contributed by atoms with Crippen LogP contribution >= 0.6 is 0 Å². The first-order chi connectivity index (χ1) is 12.3. The van der Waals surface area contributed by atoms with Crippen molar-refractivity contribution in [1.82, 2.24) is 19.9 Å². The third-order valence-corrected chi connectivity index (χ3v) is 7.16. The lowest BCUT2D eigenvalue weighted by Crippen LogP contribution is -2.18. The number of nitrogens with zero attached hydrogens (tertiary/aromatic N) is 4. The normalized spacial score (nSPS) is 37.4. The van der Waals surface area contributed by atoms with Gasteiger partial charge in [-0.15, -0.1) is 0 Å². The maximum Gasteiger partial charge on any atom is 0.198 e. The van der Waals surface area contributed by atoms with Crippen LogP contribution in [0.1, 0.15) is 56.3 Å². The van der Waals surface area contributed by atoms with Crippen LogP contribution in [0, 0.1) is 18.2 Å². The Morgan fingerprint density at radius 1 is 1.16 bits per heavy atom. The highest BCUT2D eigenvalue weighted by atomic mass is 14.9. The van der Waals surface area contributed by atoms with E-state index in [1.807, 2.05) is 12.4 Å². The van der Waals surface area contributed by atoms with E-state index in [0.29, 0.717) is 0 Å². The summed E-state index contributed by atoms with van der Waals surface area (Å²) in [5.41, 5.74) is 3.78. The lowest BCUT2D eigenvalue weighted by atomic mass is 9.84. The molecule has 0 amide bonds. The van der Waals surface area contributed by atoms with Gasteiger partial charge in [0.1, 0.15) is 0 Å². The SMILES string of the molecule is [c]1ncc(-c2nccc(C34C=CCC3C4)n2)c(C23CCCCC2C3)n1. The molecule has 2 aromatic heterocycles. The molecule has 4 heteroatoms. The Morgan fingerprint density at radius 2 is 2.16 bits per heavy atom. The number of allylic oxidation sites excluding steroid dienone is 2. The molecule has 4 unspecified atom stereocenters. The van der Waals surface area contributed by atoms with Crippen molar-refractivity contribution in [2.24, 2.45) is 11.8 Å². The number of hydrogen-bond acceptors (Lipinski definition) is 4. The molecule has 0 bridgehead atoms. The summed E-state index contributed by atoms with van der Waals surface area (Å²) < 4.78 is 0. The molecule has 2 aromatic rings. The summed E-state index contributed by atoms with van der Waals surface area (Å²) in [4.78, 5) is 18.4. The fraction of sp³-hybridized carbons (Fsp3) is 0.524. The fourth-order valence-corrected chi connectivity index (χ4v) is 5.58. The highest BCUT2D eigenvalue weighted by molar-refractivity contribution is 5.61. The van der Waals surface area contributed by atoms with Crippen molar-refractivity contribution in [1.29, 1.82) is 0 Å². The van der Waals surface area contributed by atoms with Gasteiger partial charge in [-0.3, -0.25) is 0 Å². The molecule has 25 heavy (non-hydrogen) atoms. The zero-order valence-electron chi connectivity index (χ0n) is 14.3. The number of hydrogen-bond donors (Lipinski definition) is 0. The van der Waals surface area contributed by atoms with Crippen LogP contribution in [-0.2, 0) is 10.8 Å². The third-order valence-electron chi connectivity index (χ3n) is 7.16. The van der Waals surface area contributed by atoms with Crippen molar-refractivity contribution >= 4 is 0 Å². The van der Waals surface area contributed by atoms with Gasteiger partial charge in [0.15, 0.2) is 12.2 Å². The van der Waals surface area contributed by atoms with Crippen LogP contribution in [-0.4, -0.2) is 19.9 Å². The molecule has 1 radical (unpaired) electrons. The topological polar surface area (TPSA) is 51.6 Å². The average molecular weight is 329 g/mol. The zero-order chi connectivity index (χ0) is 16.5. The molecular weight excluding hydrogens is 308 g/mol.